The molecule has 0 radical (unpaired) electrons. The summed E-state index contributed by atoms with van der Waals surface area (Å²) in [6.45, 7) is 3.67. The van der Waals surface area contributed by atoms with Gasteiger partial charge >= 0.3 is 5.69 Å². The number of tetrazole rings is 1. The second kappa shape index (κ2) is 10.2. The van der Waals surface area contributed by atoms with Crippen LogP contribution in [0.3, 0.4) is 0 Å². The van der Waals surface area contributed by atoms with Crippen molar-refractivity contribution < 1.29 is 9.18 Å². The van der Waals surface area contributed by atoms with E-state index in [1.165, 1.54) is 21.6 Å². The number of carbonyl (C=O) groups excluding carboxylic acids is 1. The number of benzene rings is 1. The van der Waals surface area contributed by atoms with Gasteiger partial charge in [0.1, 0.15) is 18.2 Å². The fourth-order valence-corrected chi connectivity index (χ4v) is 4.43. The van der Waals surface area contributed by atoms with E-state index >= 15 is 0 Å². The molecule has 1 aromatic carbocycles. The number of nitrogens with one attached hydrogen (secondary N) is 1. The highest BCUT2D eigenvalue weighted by atomic mass is 19.1. The molecular weight excluding hydrogens is 455 g/mol. The molecule has 12 heteroatoms. The van der Waals surface area contributed by atoms with E-state index in [1.807, 2.05) is 6.92 Å². The Morgan fingerprint density at radius 1 is 1.29 bits per heavy atom. The molecule has 3 aromatic rings. The topological polar surface area (TPSA) is 145 Å². The number of halogens is 1. The first kappa shape index (κ1) is 24.3. The number of aromatic nitrogens is 6. The summed E-state index contributed by atoms with van der Waals surface area (Å²) < 4.78 is 14.9. The summed E-state index contributed by atoms with van der Waals surface area (Å²) in [4.78, 5) is 43.6. The summed E-state index contributed by atoms with van der Waals surface area (Å²) in [7, 11) is 0. The van der Waals surface area contributed by atoms with Gasteiger partial charge in [0.25, 0.3) is 11.5 Å². The summed E-state index contributed by atoms with van der Waals surface area (Å²) in [5.74, 6) is -0.555. The maximum absolute atomic E-state index is 13.6. The van der Waals surface area contributed by atoms with Crippen LogP contribution in [-0.2, 0) is 17.9 Å². The molecule has 1 aliphatic carbocycles. The predicted octanol–water partition coefficient (Wildman–Crippen LogP) is 2.00. The zero-order valence-electron chi connectivity index (χ0n) is 19.8. The zero-order valence-corrected chi connectivity index (χ0v) is 19.8. The third kappa shape index (κ3) is 5.00. The van der Waals surface area contributed by atoms with Crippen molar-refractivity contribution in [3.8, 4) is 11.4 Å². The summed E-state index contributed by atoms with van der Waals surface area (Å²) in [6.07, 6.45) is 4.78. The molecule has 35 heavy (non-hydrogen) atoms. The van der Waals surface area contributed by atoms with Gasteiger partial charge in [-0.15, -0.1) is 10.2 Å². The fraction of sp³-hybridized carbons (Fsp3) is 0.478. The molecule has 0 spiro atoms. The lowest BCUT2D eigenvalue weighted by atomic mass is 10.1. The van der Waals surface area contributed by atoms with Crippen molar-refractivity contribution >= 4 is 17.4 Å². The molecule has 0 aliphatic heterocycles. The van der Waals surface area contributed by atoms with Gasteiger partial charge in [0.2, 0.25) is 5.82 Å². The smallest absolute Gasteiger partial charge is 0.330 e. The van der Waals surface area contributed by atoms with Gasteiger partial charge in [0.15, 0.2) is 5.69 Å². The van der Waals surface area contributed by atoms with Crippen molar-refractivity contribution in [2.45, 2.75) is 71.5 Å². The van der Waals surface area contributed by atoms with Gasteiger partial charge in [-0.25, -0.2) is 9.18 Å². The number of unbranched alkanes of at least 4 members (excludes halogenated alkanes) is 1. The number of nitrogen functional groups attached to an aromatic ring is 1. The van der Waals surface area contributed by atoms with Gasteiger partial charge in [-0.1, -0.05) is 26.2 Å². The Bertz CT molecular complexity index is 1340. The van der Waals surface area contributed by atoms with Crippen molar-refractivity contribution in [1.29, 1.82) is 0 Å². The van der Waals surface area contributed by atoms with Gasteiger partial charge in [0.05, 0.1) is 0 Å². The molecular formula is C23H29FN8O3. The second-order valence-corrected chi connectivity index (χ2v) is 8.81. The monoisotopic (exact) mass is 484 g/mol. The summed E-state index contributed by atoms with van der Waals surface area (Å²) in [6, 6.07) is 4.23. The highest BCUT2D eigenvalue weighted by Crippen LogP contribution is 2.29. The van der Waals surface area contributed by atoms with E-state index < -0.39 is 17.2 Å². The largest absolute Gasteiger partial charge is 0.383 e. The number of H-pyrrole nitrogens is 1. The number of aromatic amines is 1. The average Bonchev–Trinajstić information content (AvgIpc) is 3.51. The second-order valence-electron chi connectivity index (χ2n) is 8.81. The van der Waals surface area contributed by atoms with Crippen LogP contribution in [0.1, 0.15) is 51.0 Å². The number of anilines is 2. The summed E-state index contributed by atoms with van der Waals surface area (Å²) in [5.41, 5.74) is 5.99. The number of carbonyl (C=O) groups is 1. The highest BCUT2D eigenvalue weighted by molar-refractivity contribution is 5.96. The van der Waals surface area contributed by atoms with Crippen LogP contribution in [-0.4, -0.2) is 41.7 Å². The van der Waals surface area contributed by atoms with E-state index in [0.29, 0.717) is 36.9 Å². The SMILES string of the molecule is CCCCn1c(N)c(N(C(=O)Cn2nnc(-c3ccc(F)c(C)c3)n2)C2CCCC2)c(=O)[nH]c1=O. The van der Waals surface area contributed by atoms with Crippen molar-refractivity contribution in [2.75, 3.05) is 10.6 Å². The molecule has 1 fully saturated rings. The minimum atomic E-state index is -0.700. The zero-order chi connectivity index (χ0) is 25.1. The van der Waals surface area contributed by atoms with Crippen molar-refractivity contribution in [3.05, 3.63) is 50.4 Å². The minimum absolute atomic E-state index is 0.0212. The highest BCUT2D eigenvalue weighted by Gasteiger charge is 2.33. The Labute approximate surface area is 200 Å². The standard InChI is InChI=1S/C23H29FN8O3/c1-3-4-11-30-20(25)19(22(34)26-23(30)35)32(16-7-5-6-8-16)18(33)13-31-28-21(27-29-31)15-9-10-17(24)14(2)12-15/h9-10,12,16H,3-8,11,13,25H2,1-2H3,(H,26,34,35). The molecule has 0 atom stereocenters. The molecule has 0 bridgehead atoms. The number of nitrogens with two attached hydrogens (primary N) is 1. The Morgan fingerprint density at radius 3 is 2.71 bits per heavy atom. The third-order valence-corrected chi connectivity index (χ3v) is 6.29. The van der Waals surface area contributed by atoms with Crippen LogP contribution < -0.4 is 21.9 Å². The molecule has 1 amide bonds. The molecule has 3 N–H and O–H groups in total. The molecule has 2 heterocycles. The minimum Gasteiger partial charge on any atom is -0.383 e. The quantitative estimate of drug-likeness (QED) is 0.497. The number of nitrogens with zero attached hydrogens (tertiary/aromatic N) is 6. The van der Waals surface area contributed by atoms with Gasteiger partial charge in [-0.05, 0) is 55.2 Å². The summed E-state index contributed by atoms with van der Waals surface area (Å²) >= 11 is 0. The Morgan fingerprint density at radius 2 is 2.03 bits per heavy atom. The van der Waals surface area contributed by atoms with E-state index in [2.05, 4.69) is 20.4 Å². The maximum Gasteiger partial charge on any atom is 0.330 e. The molecule has 4 rings (SSSR count). The van der Waals surface area contributed by atoms with Crippen LogP contribution in [0.15, 0.2) is 27.8 Å². The Balaban J connectivity index is 1.67. The molecule has 0 unspecified atom stereocenters. The van der Waals surface area contributed by atoms with Crippen molar-refractivity contribution in [3.63, 3.8) is 0 Å². The molecule has 11 nitrogen and oxygen atoms in total. The normalized spacial score (nSPS) is 13.9. The van der Waals surface area contributed by atoms with Gasteiger partial charge in [-0.2, -0.15) is 4.80 Å². The first-order valence-corrected chi connectivity index (χ1v) is 11.8. The Kier molecular flexibility index (Phi) is 7.08. The number of aryl methyl sites for hydroxylation is 1. The van der Waals surface area contributed by atoms with Crippen molar-refractivity contribution in [1.82, 2.24) is 29.8 Å². The van der Waals surface area contributed by atoms with Gasteiger partial charge < -0.3 is 5.73 Å². The number of amides is 1. The maximum atomic E-state index is 13.6. The van der Waals surface area contributed by atoms with Crippen LogP contribution in [0, 0.1) is 12.7 Å². The summed E-state index contributed by atoms with van der Waals surface area (Å²) in [5, 5.41) is 12.2. The molecule has 2 aromatic heterocycles. The number of hydrogen-bond acceptors (Lipinski definition) is 7. The molecule has 186 valence electrons. The first-order chi connectivity index (χ1) is 16.8. The van der Waals surface area contributed by atoms with E-state index in [-0.39, 0.29) is 35.7 Å². The lowest BCUT2D eigenvalue weighted by Gasteiger charge is -2.29. The third-order valence-electron chi connectivity index (χ3n) is 6.29. The van der Waals surface area contributed by atoms with E-state index in [9.17, 15) is 18.8 Å². The molecule has 1 saturated carbocycles. The lowest BCUT2D eigenvalue weighted by molar-refractivity contribution is -0.120. The van der Waals surface area contributed by atoms with Crippen LogP contribution in [0.4, 0.5) is 15.9 Å². The van der Waals surface area contributed by atoms with Crippen LogP contribution >= 0.6 is 0 Å². The van der Waals surface area contributed by atoms with Crippen LogP contribution in [0.25, 0.3) is 11.4 Å². The van der Waals surface area contributed by atoms with Crippen LogP contribution in [0.2, 0.25) is 0 Å². The van der Waals surface area contributed by atoms with E-state index in [4.69, 9.17) is 5.73 Å². The van der Waals surface area contributed by atoms with Crippen LogP contribution in [0.5, 0.6) is 0 Å². The Hall–Kier alpha value is -3.83. The van der Waals surface area contributed by atoms with E-state index in [0.717, 1.165) is 24.1 Å². The first-order valence-electron chi connectivity index (χ1n) is 11.8. The molecule has 0 saturated heterocycles. The van der Waals surface area contributed by atoms with E-state index in [1.54, 1.807) is 13.0 Å². The average molecular weight is 485 g/mol. The predicted molar refractivity (Wildman–Crippen MR) is 128 cm³/mol. The lowest BCUT2D eigenvalue weighted by Crippen LogP contribution is -2.47. The number of rotatable bonds is 8. The van der Waals surface area contributed by atoms with Crippen molar-refractivity contribution in [2.24, 2.45) is 0 Å². The molecule has 1 aliphatic rings. The fourth-order valence-electron chi connectivity index (χ4n) is 4.43. The van der Waals surface area contributed by atoms with Gasteiger partial charge in [-0.3, -0.25) is 24.0 Å². The van der Waals surface area contributed by atoms with Gasteiger partial charge in [0, 0.05) is 18.2 Å². The number of hydrogen-bond donors (Lipinski definition) is 2.